The van der Waals surface area contributed by atoms with Crippen LogP contribution in [0, 0.1) is 6.92 Å². The molecule has 0 aliphatic rings. The Balaban J connectivity index is 2.22. The first-order chi connectivity index (χ1) is 9.92. The Morgan fingerprint density at radius 3 is 2.57 bits per heavy atom. The Labute approximate surface area is 125 Å². The van der Waals surface area contributed by atoms with Crippen molar-refractivity contribution < 1.29 is 8.42 Å². The van der Waals surface area contributed by atoms with Crippen LogP contribution in [-0.4, -0.2) is 15.5 Å². The van der Waals surface area contributed by atoms with Gasteiger partial charge in [-0.2, -0.15) is 0 Å². The van der Waals surface area contributed by atoms with Gasteiger partial charge in [0.15, 0.2) is 0 Å². The van der Waals surface area contributed by atoms with E-state index in [2.05, 4.69) is 16.1 Å². The second-order valence-corrected chi connectivity index (χ2v) is 6.69. The van der Waals surface area contributed by atoms with E-state index in [9.17, 15) is 8.42 Å². The van der Waals surface area contributed by atoms with Gasteiger partial charge < -0.3 is 11.1 Å². The van der Waals surface area contributed by atoms with Crippen LogP contribution in [-0.2, 0) is 16.6 Å². The summed E-state index contributed by atoms with van der Waals surface area (Å²) in [6.45, 7) is 2.60. The molecule has 0 heterocycles. The lowest BCUT2D eigenvalue weighted by atomic mass is 10.1. The minimum Gasteiger partial charge on any atom is -0.397 e. The fourth-order valence-electron chi connectivity index (χ4n) is 1.99. The lowest BCUT2D eigenvalue weighted by Crippen LogP contribution is -2.18. The molecule has 0 aliphatic heterocycles. The van der Waals surface area contributed by atoms with Crippen LogP contribution in [0.3, 0.4) is 0 Å². The molecule has 0 unspecified atom stereocenters. The number of nitrogens with two attached hydrogens (primary N) is 1. The number of hydrogen-bond donors (Lipinski definition) is 3. The summed E-state index contributed by atoms with van der Waals surface area (Å²) in [5, 5.41) is 3.18. The minimum absolute atomic E-state index is 0.186. The number of anilines is 2. The highest BCUT2D eigenvalue weighted by atomic mass is 32.2. The van der Waals surface area contributed by atoms with E-state index in [1.165, 1.54) is 24.7 Å². The quantitative estimate of drug-likeness (QED) is 0.739. The highest BCUT2D eigenvalue weighted by Gasteiger charge is 2.13. The van der Waals surface area contributed by atoms with Gasteiger partial charge in [-0.05, 0) is 37.7 Å². The Kier molecular flexibility index (Phi) is 4.50. The molecule has 0 bridgehead atoms. The SMILES string of the molecule is CNS(=O)(=O)c1ccc(N)c(NCc2cccc(C)c2)c1. The summed E-state index contributed by atoms with van der Waals surface area (Å²) in [6, 6.07) is 12.7. The molecule has 0 amide bonds. The van der Waals surface area contributed by atoms with E-state index in [1.807, 2.05) is 25.1 Å². The molecule has 2 aromatic rings. The molecule has 0 spiro atoms. The maximum absolute atomic E-state index is 11.8. The highest BCUT2D eigenvalue weighted by Crippen LogP contribution is 2.23. The third-order valence-corrected chi connectivity index (χ3v) is 4.58. The van der Waals surface area contributed by atoms with Crippen molar-refractivity contribution >= 4 is 21.4 Å². The number of rotatable bonds is 5. The van der Waals surface area contributed by atoms with E-state index in [-0.39, 0.29) is 4.90 Å². The van der Waals surface area contributed by atoms with Crippen LogP contribution >= 0.6 is 0 Å². The smallest absolute Gasteiger partial charge is 0.240 e. The van der Waals surface area contributed by atoms with E-state index >= 15 is 0 Å². The fraction of sp³-hybridized carbons (Fsp3) is 0.200. The molecule has 0 saturated heterocycles. The zero-order chi connectivity index (χ0) is 15.5. The molecule has 2 aromatic carbocycles. The fourth-order valence-corrected chi connectivity index (χ4v) is 2.75. The third-order valence-electron chi connectivity index (χ3n) is 3.17. The molecule has 0 fully saturated rings. The van der Waals surface area contributed by atoms with Gasteiger partial charge in [0.1, 0.15) is 0 Å². The van der Waals surface area contributed by atoms with Gasteiger partial charge in [-0.3, -0.25) is 0 Å². The normalized spacial score (nSPS) is 11.3. The zero-order valence-electron chi connectivity index (χ0n) is 12.1. The Bertz CT molecular complexity index is 742. The number of nitrogens with one attached hydrogen (secondary N) is 2. The molecule has 21 heavy (non-hydrogen) atoms. The second-order valence-electron chi connectivity index (χ2n) is 4.80. The topological polar surface area (TPSA) is 84.2 Å². The molecular weight excluding hydrogens is 286 g/mol. The Hall–Kier alpha value is -2.05. The van der Waals surface area contributed by atoms with Gasteiger partial charge in [0, 0.05) is 6.54 Å². The van der Waals surface area contributed by atoms with Crippen LogP contribution in [0.4, 0.5) is 11.4 Å². The highest BCUT2D eigenvalue weighted by molar-refractivity contribution is 7.89. The van der Waals surface area contributed by atoms with Crippen molar-refractivity contribution in [3.8, 4) is 0 Å². The lowest BCUT2D eigenvalue weighted by molar-refractivity contribution is 0.588. The first kappa shape index (κ1) is 15.3. The van der Waals surface area contributed by atoms with Crippen LogP contribution in [0.25, 0.3) is 0 Å². The van der Waals surface area contributed by atoms with Gasteiger partial charge in [0.05, 0.1) is 16.3 Å². The standard InChI is InChI=1S/C15H19N3O2S/c1-11-4-3-5-12(8-11)10-18-15-9-13(6-7-14(15)16)21(19,20)17-2/h3-9,17-18H,10,16H2,1-2H3. The summed E-state index contributed by atoms with van der Waals surface area (Å²) in [7, 11) is -2.09. The molecule has 0 atom stereocenters. The number of aryl methyl sites for hydroxylation is 1. The predicted octanol–water partition coefficient (Wildman–Crippen LogP) is 2.10. The van der Waals surface area contributed by atoms with Gasteiger partial charge >= 0.3 is 0 Å². The van der Waals surface area contributed by atoms with Crippen LogP contribution in [0.15, 0.2) is 47.4 Å². The Morgan fingerprint density at radius 1 is 1.14 bits per heavy atom. The molecular formula is C15H19N3O2S. The number of hydrogen-bond acceptors (Lipinski definition) is 4. The largest absolute Gasteiger partial charge is 0.397 e. The van der Waals surface area contributed by atoms with E-state index < -0.39 is 10.0 Å². The van der Waals surface area contributed by atoms with Crippen LogP contribution in [0.5, 0.6) is 0 Å². The zero-order valence-corrected chi connectivity index (χ0v) is 12.9. The van der Waals surface area contributed by atoms with Gasteiger partial charge in [-0.25, -0.2) is 13.1 Å². The summed E-state index contributed by atoms with van der Waals surface area (Å²) in [6.07, 6.45) is 0. The van der Waals surface area contributed by atoms with Crippen LogP contribution < -0.4 is 15.8 Å². The average Bonchev–Trinajstić information content (AvgIpc) is 2.46. The summed E-state index contributed by atoms with van der Waals surface area (Å²) in [5.74, 6) is 0. The first-order valence-electron chi connectivity index (χ1n) is 6.55. The maximum Gasteiger partial charge on any atom is 0.240 e. The van der Waals surface area contributed by atoms with Crippen molar-refractivity contribution in [2.45, 2.75) is 18.4 Å². The van der Waals surface area contributed by atoms with Crippen LogP contribution in [0.1, 0.15) is 11.1 Å². The van der Waals surface area contributed by atoms with Gasteiger partial charge in [0.2, 0.25) is 10.0 Å². The van der Waals surface area contributed by atoms with E-state index in [1.54, 1.807) is 6.07 Å². The molecule has 0 aromatic heterocycles. The van der Waals surface area contributed by atoms with Crippen molar-refractivity contribution in [3.05, 3.63) is 53.6 Å². The molecule has 6 heteroatoms. The van der Waals surface area contributed by atoms with Crippen LogP contribution in [0.2, 0.25) is 0 Å². The summed E-state index contributed by atoms with van der Waals surface area (Å²) in [5.41, 5.74) is 9.29. The number of benzene rings is 2. The molecule has 5 nitrogen and oxygen atoms in total. The minimum atomic E-state index is -3.47. The van der Waals surface area contributed by atoms with E-state index in [4.69, 9.17) is 5.73 Å². The molecule has 0 aliphatic carbocycles. The Morgan fingerprint density at radius 2 is 1.90 bits per heavy atom. The van der Waals surface area contributed by atoms with Gasteiger partial charge in [-0.15, -0.1) is 0 Å². The molecule has 2 rings (SSSR count). The molecule has 0 radical (unpaired) electrons. The molecule has 0 saturated carbocycles. The lowest BCUT2D eigenvalue weighted by Gasteiger charge is -2.12. The van der Waals surface area contributed by atoms with E-state index in [0.29, 0.717) is 17.9 Å². The second kappa shape index (κ2) is 6.15. The van der Waals surface area contributed by atoms with Gasteiger partial charge in [0.25, 0.3) is 0 Å². The van der Waals surface area contributed by atoms with Gasteiger partial charge in [-0.1, -0.05) is 29.8 Å². The van der Waals surface area contributed by atoms with Crippen molar-refractivity contribution in [2.75, 3.05) is 18.1 Å². The summed E-state index contributed by atoms with van der Waals surface area (Å²) in [4.78, 5) is 0.186. The van der Waals surface area contributed by atoms with E-state index in [0.717, 1.165) is 5.56 Å². The van der Waals surface area contributed by atoms with Crippen molar-refractivity contribution in [3.63, 3.8) is 0 Å². The van der Waals surface area contributed by atoms with Crippen molar-refractivity contribution in [1.29, 1.82) is 0 Å². The van der Waals surface area contributed by atoms with Crippen molar-refractivity contribution in [1.82, 2.24) is 4.72 Å². The third kappa shape index (κ3) is 3.74. The monoisotopic (exact) mass is 305 g/mol. The molecule has 4 N–H and O–H groups in total. The maximum atomic E-state index is 11.8. The predicted molar refractivity (Wildman–Crippen MR) is 85.6 cm³/mol. The summed E-state index contributed by atoms with van der Waals surface area (Å²) >= 11 is 0. The summed E-state index contributed by atoms with van der Waals surface area (Å²) < 4.78 is 25.9. The molecule has 112 valence electrons. The van der Waals surface area contributed by atoms with Crippen molar-refractivity contribution in [2.24, 2.45) is 0 Å². The number of sulfonamides is 1. The average molecular weight is 305 g/mol. The first-order valence-corrected chi connectivity index (χ1v) is 8.03. The number of nitrogen functional groups attached to an aromatic ring is 1.